The van der Waals surface area contributed by atoms with Gasteiger partial charge in [-0.1, -0.05) is 0 Å². The molecule has 2 N–H and O–H groups in total. The molecule has 0 spiro atoms. The van der Waals surface area contributed by atoms with Crippen LogP contribution in [0, 0.1) is 12.3 Å². The van der Waals surface area contributed by atoms with Crippen molar-refractivity contribution in [3.05, 3.63) is 0 Å². The summed E-state index contributed by atoms with van der Waals surface area (Å²) in [5.41, 5.74) is 0. The van der Waals surface area contributed by atoms with E-state index in [1.807, 2.05) is 0 Å². The van der Waals surface area contributed by atoms with Gasteiger partial charge < -0.3 is 24.8 Å². The van der Waals surface area contributed by atoms with Gasteiger partial charge in [0.2, 0.25) is 0 Å². The molecule has 3 atom stereocenters. The molecule has 1 fully saturated rings. The third-order valence-electron chi connectivity index (χ3n) is 3.03. The molecule has 7 nitrogen and oxygen atoms in total. The monoisotopic (exact) mass is 270 g/mol. The van der Waals surface area contributed by atoms with Crippen molar-refractivity contribution < 1.29 is 24.2 Å². The van der Waals surface area contributed by atoms with Crippen LogP contribution >= 0.6 is 0 Å². The van der Waals surface area contributed by atoms with E-state index in [-0.39, 0.29) is 18.6 Å². The zero-order valence-corrected chi connectivity index (χ0v) is 11.0. The fourth-order valence-corrected chi connectivity index (χ4v) is 1.92. The number of rotatable bonds is 5. The number of carboxylic acids is 1. The summed E-state index contributed by atoms with van der Waals surface area (Å²) in [5.74, 6) is 1.07. The number of amides is 2. The minimum Gasteiger partial charge on any atom is -0.480 e. The summed E-state index contributed by atoms with van der Waals surface area (Å²) in [6.07, 6.45) is 4.57. The van der Waals surface area contributed by atoms with E-state index in [9.17, 15) is 9.59 Å². The minimum absolute atomic E-state index is 0.0592. The molecule has 1 aliphatic heterocycles. The highest BCUT2D eigenvalue weighted by Gasteiger charge is 2.36. The first kappa shape index (κ1) is 15.3. The van der Waals surface area contributed by atoms with E-state index in [4.69, 9.17) is 21.0 Å². The number of hydrogen-bond acceptors (Lipinski definition) is 4. The lowest BCUT2D eigenvalue weighted by molar-refractivity contribution is -0.139. The quantitative estimate of drug-likeness (QED) is 0.659. The van der Waals surface area contributed by atoms with E-state index in [1.165, 1.54) is 19.1 Å². The van der Waals surface area contributed by atoms with Gasteiger partial charge in [-0.05, 0) is 0 Å². The molecule has 19 heavy (non-hydrogen) atoms. The Bertz CT molecular complexity index is 367. The van der Waals surface area contributed by atoms with Crippen LogP contribution in [0.1, 0.15) is 6.42 Å². The number of nitrogens with zero attached hydrogens (tertiary/aromatic N) is 1. The summed E-state index contributed by atoms with van der Waals surface area (Å²) in [4.78, 5) is 24.3. The number of ether oxygens (including phenoxy) is 2. The Morgan fingerprint density at radius 3 is 2.32 bits per heavy atom. The van der Waals surface area contributed by atoms with E-state index >= 15 is 0 Å². The lowest BCUT2D eigenvalue weighted by atomic mass is 10.2. The van der Waals surface area contributed by atoms with Crippen LogP contribution in [-0.4, -0.2) is 67.6 Å². The Morgan fingerprint density at radius 1 is 1.42 bits per heavy atom. The highest BCUT2D eigenvalue weighted by molar-refractivity contribution is 5.83. The van der Waals surface area contributed by atoms with Crippen LogP contribution in [0.2, 0.25) is 0 Å². The number of nitrogens with one attached hydrogen (secondary N) is 1. The fraction of sp³-hybridized carbons (Fsp3) is 0.667. The molecule has 1 aliphatic rings. The molecule has 7 heteroatoms. The normalized spacial score (nSPS) is 23.7. The van der Waals surface area contributed by atoms with Gasteiger partial charge in [-0.25, -0.2) is 9.59 Å². The van der Waals surface area contributed by atoms with Gasteiger partial charge in [-0.2, -0.15) is 0 Å². The average Bonchev–Trinajstić information content (AvgIpc) is 2.81. The molecular formula is C12H18N2O5. The number of hydrogen-bond donors (Lipinski definition) is 2. The topological polar surface area (TPSA) is 88.1 Å². The zero-order valence-electron chi connectivity index (χ0n) is 11.0. The second-order valence-corrected chi connectivity index (χ2v) is 4.20. The fourth-order valence-electron chi connectivity index (χ4n) is 1.92. The van der Waals surface area contributed by atoms with Crippen molar-refractivity contribution in [3.8, 4) is 12.3 Å². The van der Waals surface area contributed by atoms with E-state index in [0.717, 1.165) is 0 Å². The van der Waals surface area contributed by atoms with Crippen molar-refractivity contribution in [1.29, 1.82) is 0 Å². The molecule has 1 heterocycles. The predicted octanol–water partition coefficient (Wildman–Crippen LogP) is -0.482. The Kier molecular flexibility index (Phi) is 5.60. The summed E-state index contributed by atoms with van der Waals surface area (Å²) in [7, 11) is 3.08. The molecule has 0 bridgehead atoms. The first-order valence-electron chi connectivity index (χ1n) is 5.80. The average molecular weight is 270 g/mol. The number of likely N-dealkylation sites (tertiary alicyclic amines) is 1. The lowest BCUT2D eigenvalue weighted by Crippen LogP contribution is -2.47. The SMILES string of the molecule is C#CCC(NC(=O)N1CC(OC)C(OC)C1)C(=O)O. The van der Waals surface area contributed by atoms with Crippen LogP contribution in [0.3, 0.4) is 0 Å². The maximum absolute atomic E-state index is 11.9. The van der Waals surface area contributed by atoms with Gasteiger partial charge in [0.05, 0.1) is 13.1 Å². The number of carbonyl (C=O) groups is 2. The molecule has 1 saturated heterocycles. The van der Waals surface area contributed by atoms with Crippen molar-refractivity contribution >= 4 is 12.0 Å². The van der Waals surface area contributed by atoms with Crippen LogP contribution in [-0.2, 0) is 14.3 Å². The molecule has 0 radical (unpaired) electrons. The van der Waals surface area contributed by atoms with E-state index < -0.39 is 18.0 Å². The Balaban J connectivity index is 2.59. The highest BCUT2D eigenvalue weighted by atomic mass is 16.5. The van der Waals surface area contributed by atoms with Crippen LogP contribution in [0.25, 0.3) is 0 Å². The van der Waals surface area contributed by atoms with Crippen LogP contribution in [0.15, 0.2) is 0 Å². The van der Waals surface area contributed by atoms with E-state index in [0.29, 0.717) is 13.1 Å². The summed E-state index contributed by atoms with van der Waals surface area (Å²) >= 11 is 0. The molecule has 1 rings (SSSR count). The Hall–Kier alpha value is -1.78. The van der Waals surface area contributed by atoms with Crippen molar-refractivity contribution in [2.24, 2.45) is 0 Å². The smallest absolute Gasteiger partial charge is 0.327 e. The molecule has 3 unspecified atom stereocenters. The minimum atomic E-state index is -1.16. The third-order valence-corrected chi connectivity index (χ3v) is 3.03. The number of urea groups is 1. The number of carbonyl (C=O) groups excluding carboxylic acids is 1. The van der Waals surface area contributed by atoms with Gasteiger partial charge in [0.25, 0.3) is 0 Å². The third kappa shape index (κ3) is 3.84. The summed E-state index contributed by atoms with van der Waals surface area (Å²) < 4.78 is 10.4. The van der Waals surface area contributed by atoms with Gasteiger partial charge in [0, 0.05) is 20.6 Å². The molecule has 106 valence electrons. The van der Waals surface area contributed by atoms with Crippen LogP contribution in [0.5, 0.6) is 0 Å². The molecular weight excluding hydrogens is 252 g/mol. The maximum atomic E-state index is 11.9. The number of terminal acetylenes is 1. The molecule has 0 aromatic heterocycles. The van der Waals surface area contributed by atoms with Crippen molar-refractivity contribution in [1.82, 2.24) is 10.2 Å². The largest absolute Gasteiger partial charge is 0.480 e. The molecule has 0 saturated carbocycles. The molecule has 0 aromatic carbocycles. The summed E-state index contributed by atoms with van der Waals surface area (Å²) in [6.45, 7) is 0.701. The molecule has 0 aliphatic carbocycles. The summed E-state index contributed by atoms with van der Waals surface area (Å²) in [5, 5.41) is 11.3. The first-order chi connectivity index (χ1) is 9.03. The lowest BCUT2D eigenvalue weighted by Gasteiger charge is -2.19. The van der Waals surface area contributed by atoms with Gasteiger partial charge in [0.1, 0.15) is 18.2 Å². The van der Waals surface area contributed by atoms with Gasteiger partial charge in [0.15, 0.2) is 0 Å². The Labute approximate surface area is 111 Å². The van der Waals surface area contributed by atoms with Crippen molar-refractivity contribution in [2.45, 2.75) is 24.7 Å². The first-order valence-corrected chi connectivity index (χ1v) is 5.80. The van der Waals surface area contributed by atoms with Crippen molar-refractivity contribution in [2.75, 3.05) is 27.3 Å². The van der Waals surface area contributed by atoms with Gasteiger partial charge in [-0.3, -0.25) is 0 Å². The zero-order chi connectivity index (χ0) is 14.4. The Morgan fingerprint density at radius 2 is 1.95 bits per heavy atom. The number of methoxy groups -OCH3 is 2. The molecule has 2 amide bonds. The van der Waals surface area contributed by atoms with Crippen LogP contribution < -0.4 is 5.32 Å². The highest BCUT2D eigenvalue weighted by Crippen LogP contribution is 2.15. The van der Waals surface area contributed by atoms with Crippen LogP contribution in [0.4, 0.5) is 4.79 Å². The second kappa shape index (κ2) is 6.97. The van der Waals surface area contributed by atoms with Gasteiger partial charge >= 0.3 is 12.0 Å². The van der Waals surface area contributed by atoms with E-state index in [2.05, 4.69) is 11.2 Å². The predicted molar refractivity (Wildman–Crippen MR) is 66.6 cm³/mol. The summed E-state index contributed by atoms with van der Waals surface area (Å²) in [6, 6.07) is -1.57. The number of carboxylic acid groups (broad SMARTS) is 1. The van der Waals surface area contributed by atoms with E-state index in [1.54, 1.807) is 0 Å². The van der Waals surface area contributed by atoms with Crippen molar-refractivity contribution in [3.63, 3.8) is 0 Å². The standard InChI is InChI=1S/C12H18N2O5/c1-4-5-8(11(15)16)13-12(17)14-6-9(18-2)10(7-14)19-3/h1,8-10H,5-7H2,2-3H3,(H,13,17)(H,15,16). The second-order valence-electron chi connectivity index (χ2n) is 4.20. The van der Waals surface area contributed by atoms with Gasteiger partial charge in [-0.15, -0.1) is 12.3 Å². The maximum Gasteiger partial charge on any atom is 0.327 e. The number of aliphatic carboxylic acids is 1. The molecule has 0 aromatic rings.